The molecule has 0 radical (unpaired) electrons. The minimum Gasteiger partial charge on any atom is -0.459 e. The molecule has 96 valence electrons. The lowest BCUT2D eigenvalue weighted by Crippen LogP contribution is -2.30. The Morgan fingerprint density at radius 3 is 2.50 bits per heavy atom. The van der Waals surface area contributed by atoms with Crippen molar-refractivity contribution in [1.82, 2.24) is 0 Å². The van der Waals surface area contributed by atoms with E-state index in [4.69, 9.17) is 4.74 Å². The normalized spacial score (nSPS) is 13.6. The molecule has 0 heterocycles. The van der Waals surface area contributed by atoms with Crippen LogP contribution in [0.4, 0.5) is 4.39 Å². The predicted octanol–water partition coefficient (Wildman–Crippen LogP) is 3.59. The van der Waals surface area contributed by atoms with Gasteiger partial charge < -0.3 is 4.74 Å². The molecule has 0 aliphatic carbocycles. The van der Waals surface area contributed by atoms with Crippen molar-refractivity contribution in [2.24, 2.45) is 0 Å². The summed E-state index contributed by atoms with van der Waals surface area (Å²) < 4.78 is 17.3. The van der Waals surface area contributed by atoms with Crippen molar-refractivity contribution in [3.8, 4) is 0 Å². The van der Waals surface area contributed by atoms with E-state index >= 15 is 0 Å². The van der Waals surface area contributed by atoms with E-state index in [0.717, 1.165) is 12.8 Å². The first-order chi connectivity index (χ1) is 7.40. The number of alkyl halides is 1. The van der Waals surface area contributed by atoms with Gasteiger partial charge in [-0.25, -0.2) is 0 Å². The summed E-state index contributed by atoms with van der Waals surface area (Å²) in [6.07, 6.45) is 2.24. The summed E-state index contributed by atoms with van der Waals surface area (Å²) >= 11 is 1.50. The van der Waals surface area contributed by atoms with Crippen LogP contribution in [0.3, 0.4) is 0 Å². The number of halogens is 1. The van der Waals surface area contributed by atoms with Gasteiger partial charge in [-0.2, -0.15) is 0 Å². The van der Waals surface area contributed by atoms with E-state index in [2.05, 4.69) is 0 Å². The van der Waals surface area contributed by atoms with Crippen LogP contribution >= 0.6 is 11.8 Å². The lowest BCUT2D eigenvalue weighted by atomic mass is 10.2. The third-order valence-electron chi connectivity index (χ3n) is 1.82. The van der Waals surface area contributed by atoms with Crippen molar-refractivity contribution in [2.75, 3.05) is 12.4 Å². The first-order valence-corrected chi connectivity index (χ1v) is 6.86. The fourth-order valence-corrected chi connectivity index (χ4v) is 2.33. The molecule has 2 nitrogen and oxygen atoms in total. The van der Waals surface area contributed by atoms with E-state index in [9.17, 15) is 9.18 Å². The smallest absolute Gasteiger partial charge is 0.319 e. The van der Waals surface area contributed by atoms with E-state index in [1.54, 1.807) is 0 Å². The van der Waals surface area contributed by atoms with Crippen LogP contribution in [0.1, 0.15) is 47.0 Å². The van der Waals surface area contributed by atoms with Gasteiger partial charge in [-0.3, -0.25) is 9.18 Å². The molecule has 0 aliphatic heterocycles. The first kappa shape index (κ1) is 15.8. The molecule has 0 N–H and O–H groups in total. The van der Waals surface area contributed by atoms with Gasteiger partial charge in [-0.05, 0) is 39.4 Å². The van der Waals surface area contributed by atoms with Gasteiger partial charge in [0, 0.05) is 0 Å². The summed E-state index contributed by atoms with van der Waals surface area (Å²) in [5.74, 6) is 0.513. The molecule has 0 aliphatic rings. The van der Waals surface area contributed by atoms with Gasteiger partial charge in [0.15, 0.2) is 0 Å². The number of rotatable bonds is 7. The number of carbonyl (C=O) groups is 1. The zero-order chi connectivity index (χ0) is 12.6. The molecule has 1 atom stereocenters. The van der Waals surface area contributed by atoms with Crippen LogP contribution < -0.4 is 0 Å². The minimum atomic E-state index is -0.441. The predicted molar refractivity (Wildman–Crippen MR) is 67.6 cm³/mol. The van der Waals surface area contributed by atoms with E-state index in [0.29, 0.717) is 12.2 Å². The van der Waals surface area contributed by atoms with Crippen LogP contribution in [0.2, 0.25) is 0 Å². The summed E-state index contributed by atoms with van der Waals surface area (Å²) in [7, 11) is 0. The summed E-state index contributed by atoms with van der Waals surface area (Å²) in [5, 5.41) is -0.143. The molecule has 0 amide bonds. The second-order valence-corrected chi connectivity index (χ2v) is 6.03. The van der Waals surface area contributed by atoms with Gasteiger partial charge in [0.25, 0.3) is 0 Å². The van der Waals surface area contributed by atoms with Gasteiger partial charge in [0.05, 0.1) is 6.67 Å². The Kier molecular flexibility index (Phi) is 7.81. The van der Waals surface area contributed by atoms with Crippen molar-refractivity contribution in [3.05, 3.63) is 0 Å². The Balaban J connectivity index is 4.12. The number of hydrogen-bond acceptors (Lipinski definition) is 3. The molecule has 1 unspecified atom stereocenters. The summed E-state index contributed by atoms with van der Waals surface area (Å²) in [5.41, 5.74) is -0.441. The van der Waals surface area contributed by atoms with Crippen molar-refractivity contribution in [1.29, 1.82) is 0 Å². The standard InChI is InChI=1S/C12H23FO2S/c1-5-7-10(16-9-6-8-13)11(14)15-12(2,3)4/h10H,5-9H2,1-4H3. The Labute approximate surface area is 102 Å². The number of esters is 1. The quantitative estimate of drug-likeness (QED) is 0.510. The van der Waals surface area contributed by atoms with Crippen molar-refractivity contribution in [2.45, 2.75) is 57.8 Å². The minimum absolute atomic E-state index is 0.143. The molecule has 16 heavy (non-hydrogen) atoms. The maximum Gasteiger partial charge on any atom is 0.319 e. The molecule has 0 bridgehead atoms. The molecule has 4 heteroatoms. The summed E-state index contributed by atoms with van der Waals surface area (Å²) in [4.78, 5) is 11.8. The zero-order valence-corrected chi connectivity index (χ0v) is 11.5. The van der Waals surface area contributed by atoms with Gasteiger partial charge in [-0.15, -0.1) is 11.8 Å². The number of hydrogen-bond donors (Lipinski definition) is 0. The highest BCUT2D eigenvalue weighted by atomic mass is 32.2. The topological polar surface area (TPSA) is 26.3 Å². The van der Waals surface area contributed by atoms with Crippen molar-refractivity contribution in [3.63, 3.8) is 0 Å². The highest BCUT2D eigenvalue weighted by Gasteiger charge is 2.24. The van der Waals surface area contributed by atoms with Crippen LogP contribution in [0.25, 0.3) is 0 Å². The largest absolute Gasteiger partial charge is 0.459 e. The van der Waals surface area contributed by atoms with E-state index in [1.807, 2.05) is 27.7 Å². The molecule has 0 saturated carbocycles. The molecule has 0 rings (SSSR count). The monoisotopic (exact) mass is 250 g/mol. The number of thioether (sulfide) groups is 1. The van der Waals surface area contributed by atoms with Gasteiger partial charge in [0.1, 0.15) is 10.9 Å². The molecular weight excluding hydrogens is 227 g/mol. The average Bonchev–Trinajstić information content (AvgIpc) is 2.14. The van der Waals surface area contributed by atoms with Gasteiger partial charge in [-0.1, -0.05) is 13.3 Å². The van der Waals surface area contributed by atoms with Crippen LogP contribution in [-0.4, -0.2) is 29.2 Å². The SMILES string of the molecule is CCCC(SCCCF)C(=O)OC(C)(C)C. The molecule has 0 aromatic heterocycles. The molecule has 0 fully saturated rings. The van der Waals surface area contributed by atoms with Gasteiger partial charge >= 0.3 is 5.97 Å². The van der Waals surface area contributed by atoms with Crippen LogP contribution in [0, 0.1) is 0 Å². The molecule has 0 spiro atoms. The first-order valence-electron chi connectivity index (χ1n) is 5.81. The van der Waals surface area contributed by atoms with Crippen molar-refractivity contribution >= 4 is 17.7 Å². The summed E-state index contributed by atoms with van der Waals surface area (Å²) in [6.45, 7) is 7.30. The van der Waals surface area contributed by atoms with Crippen LogP contribution in [0.15, 0.2) is 0 Å². The van der Waals surface area contributed by atoms with Crippen LogP contribution in [0.5, 0.6) is 0 Å². The Bertz CT molecular complexity index is 202. The molecule has 0 saturated heterocycles. The summed E-state index contributed by atoms with van der Waals surface area (Å²) in [6, 6.07) is 0. The maximum absolute atomic E-state index is 12.0. The average molecular weight is 250 g/mol. The fourth-order valence-electron chi connectivity index (χ4n) is 1.18. The van der Waals surface area contributed by atoms with Crippen molar-refractivity contribution < 1.29 is 13.9 Å². The molecule has 0 aromatic carbocycles. The van der Waals surface area contributed by atoms with E-state index in [1.165, 1.54) is 11.8 Å². The highest BCUT2D eigenvalue weighted by Crippen LogP contribution is 2.21. The lowest BCUT2D eigenvalue weighted by molar-refractivity contribution is -0.154. The Morgan fingerprint density at radius 2 is 2.06 bits per heavy atom. The number of carbonyl (C=O) groups excluding carboxylic acids is 1. The zero-order valence-electron chi connectivity index (χ0n) is 10.7. The molecular formula is C12H23FO2S. The van der Waals surface area contributed by atoms with E-state index < -0.39 is 5.60 Å². The number of ether oxygens (including phenoxy) is 1. The Hall–Kier alpha value is -0.250. The molecule has 0 aromatic rings. The Morgan fingerprint density at radius 1 is 1.44 bits per heavy atom. The third kappa shape index (κ3) is 7.97. The fraction of sp³-hybridized carbons (Fsp3) is 0.917. The lowest BCUT2D eigenvalue weighted by Gasteiger charge is -2.23. The van der Waals surface area contributed by atoms with Gasteiger partial charge in [0.2, 0.25) is 0 Å². The maximum atomic E-state index is 12.0. The second-order valence-electron chi connectivity index (χ2n) is 4.72. The highest BCUT2D eigenvalue weighted by molar-refractivity contribution is 8.00. The van der Waals surface area contributed by atoms with Crippen LogP contribution in [-0.2, 0) is 9.53 Å². The second kappa shape index (κ2) is 7.93. The van der Waals surface area contributed by atoms with E-state index in [-0.39, 0.29) is 17.9 Å². The third-order valence-corrected chi connectivity index (χ3v) is 3.17.